The zero-order valence-electron chi connectivity index (χ0n) is 14.5. The average Bonchev–Trinajstić information content (AvgIpc) is 2.66. The second-order valence-corrected chi connectivity index (χ2v) is 5.65. The van der Waals surface area contributed by atoms with E-state index in [-0.39, 0.29) is 5.97 Å². The molecule has 0 N–H and O–H groups in total. The van der Waals surface area contributed by atoms with Crippen molar-refractivity contribution in [2.24, 2.45) is 0 Å². The second-order valence-electron chi connectivity index (χ2n) is 5.65. The quantitative estimate of drug-likeness (QED) is 0.660. The summed E-state index contributed by atoms with van der Waals surface area (Å²) in [6.07, 6.45) is 0. The molecular weight excluding hydrogens is 316 g/mol. The Morgan fingerprint density at radius 3 is 2.48 bits per heavy atom. The lowest BCUT2D eigenvalue weighted by Gasteiger charge is -2.14. The summed E-state index contributed by atoms with van der Waals surface area (Å²) in [5.74, 6) is 0.592. The van der Waals surface area contributed by atoms with Gasteiger partial charge in [0.25, 0.3) is 0 Å². The Kier molecular flexibility index (Phi) is 4.93. The van der Waals surface area contributed by atoms with E-state index in [1.165, 1.54) is 0 Å². The zero-order chi connectivity index (χ0) is 17.8. The van der Waals surface area contributed by atoms with Gasteiger partial charge in [-0.2, -0.15) is 0 Å². The Morgan fingerprint density at radius 2 is 1.80 bits per heavy atom. The molecule has 0 aliphatic heterocycles. The molecule has 0 saturated heterocycles. The molecule has 0 saturated carbocycles. The first-order chi connectivity index (χ1) is 12.1. The van der Waals surface area contributed by atoms with Crippen molar-refractivity contribution in [1.29, 1.82) is 0 Å². The number of carbonyl (C=O) groups excluding carboxylic acids is 1. The molecule has 0 aliphatic carbocycles. The van der Waals surface area contributed by atoms with Gasteiger partial charge in [-0.05, 0) is 44.2 Å². The van der Waals surface area contributed by atoms with Gasteiger partial charge in [0, 0.05) is 10.9 Å². The fourth-order valence-corrected chi connectivity index (χ4v) is 2.68. The molecule has 0 amide bonds. The molecule has 128 valence electrons. The number of aromatic nitrogens is 2. The van der Waals surface area contributed by atoms with E-state index < -0.39 is 5.92 Å². The Morgan fingerprint density at radius 1 is 1.08 bits per heavy atom. The number of methoxy groups -OCH3 is 1. The third-order valence-corrected chi connectivity index (χ3v) is 4.03. The SMILES string of the molecule is CCOC(=O)C(C)c1nc(-c2ccc(OC)cc2)nc2ccccc12. The minimum absolute atomic E-state index is 0.285. The lowest BCUT2D eigenvalue weighted by molar-refractivity contribution is -0.144. The van der Waals surface area contributed by atoms with Crippen molar-refractivity contribution in [3.63, 3.8) is 0 Å². The Hall–Kier alpha value is -2.95. The maximum absolute atomic E-state index is 12.2. The van der Waals surface area contributed by atoms with Gasteiger partial charge in [0.2, 0.25) is 0 Å². The zero-order valence-corrected chi connectivity index (χ0v) is 14.5. The molecule has 1 heterocycles. The third kappa shape index (κ3) is 3.45. The highest BCUT2D eigenvalue weighted by Gasteiger charge is 2.22. The van der Waals surface area contributed by atoms with Crippen LogP contribution in [0.2, 0.25) is 0 Å². The molecule has 0 bridgehead atoms. The number of benzene rings is 2. The van der Waals surface area contributed by atoms with Gasteiger partial charge in [-0.3, -0.25) is 4.79 Å². The molecule has 1 atom stereocenters. The van der Waals surface area contributed by atoms with Gasteiger partial charge in [-0.1, -0.05) is 18.2 Å². The van der Waals surface area contributed by atoms with Crippen LogP contribution in [-0.2, 0) is 9.53 Å². The average molecular weight is 336 g/mol. The molecule has 0 spiro atoms. The molecule has 1 aromatic heterocycles. The first kappa shape index (κ1) is 16.9. The fraction of sp³-hybridized carbons (Fsp3) is 0.250. The molecule has 0 radical (unpaired) electrons. The van der Waals surface area contributed by atoms with Crippen molar-refractivity contribution < 1.29 is 14.3 Å². The smallest absolute Gasteiger partial charge is 0.314 e. The van der Waals surface area contributed by atoms with Crippen LogP contribution < -0.4 is 4.74 Å². The van der Waals surface area contributed by atoms with Crippen molar-refractivity contribution in [2.45, 2.75) is 19.8 Å². The summed E-state index contributed by atoms with van der Waals surface area (Å²) in [6, 6.07) is 15.2. The highest BCUT2D eigenvalue weighted by Crippen LogP contribution is 2.28. The molecule has 0 aliphatic rings. The van der Waals surface area contributed by atoms with Gasteiger partial charge in [-0.15, -0.1) is 0 Å². The van der Waals surface area contributed by atoms with Crippen LogP contribution in [0.1, 0.15) is 25.5 Å². The summed E-state index contributed by atoms with van der Waals surface area (Å²) < 4.78 is 10.4. The van der Waals surface area contributed by atoms with Crippen LogP contribution in [0.3, 0.4) is 0 Å². The Balaban J connectivity index is 2.12. The number of ether oxygens (including phenoxy) is 2. The van der Waals surface area contributed by atoms with Gasteiger partial charge < -0.3 is 9.47 Å². The standard InChI is InChI=1S/C20H20N2O3/c1-4-25-20(23)13(2)18-16-7-5-6-8-17(16)21-19(22-18)14-9-11-15(24-3)12-10-14/h5-13H,4H2,1-3H3. The molecule has 25 heavy (non-hydrogen) atoms. The predicted octanol–water partition coefficient (Wildman–Crippen LogP) is 3.97. The van der Waals surface area contributed by atoms with Gasteiger partial charge in [0.15, 0.2) is 5.82 Å². The van der Waals surface area contributed by atoms with Crippen molar-refractivity contribution in [3.05, 3.63) is 54.2 Å². The fourth-order valence-electron chi connectivity index (χ4n) is 2.68. The van der Waals surface area contributed by atoms with E-state index in [0.717, 1.165) is 22.2 Å². The van der Waals surface area contributed by atoms with E-state index >= 15 is 0 Å². The largest absolute Gasteiger partial charge is 0.497 e. The van der Waals surface area contributed by atoms with E-state index in [1.807, 2.05) is 55.5 Å². The molecule has 5 heteroatoms. The van der Waals surface area contributed by atoms with Crippen molar-refractivity contribution in [2.75, 3.05) is 13.7 Å². The number of esters is 1. The van der Waals surface area contributed by atoms with E-state index in [4.69, 9.17) is 9.47 Å². The number of hydrogen-bond acceptors (Lipinski definition) is 5. The summed E-state index contributed by atoms with van der Waals surface area (Å²) in [5.41, 5.74) is 2.34. The van der Waals surface area contributed by atoms with E-state index in [1.54, 1.807) is 14.0 Å². The van der Waals surface area contributed by atoms with Crippen LogP contribution in [0.4, 0.5) is 0 Å². The molecular formula is C20H20N2O3. The van der Waals surface area contributed by atoms with Crippen molar-refractivity contribution in [1.82, 2.24) is 9.97 Å². The maximum Gasteiger partial charge on any atom is 0.314 e. The molecule has 1 unspecified atom stereocenters. The Labute approximate surface area is 146 Å². The normalized spacial score (nSPS) is 12.0. The molecule has 0 fully saturated rings. The molecule has 3 rings (SSSR count). The summed E-state index contributed by atoms with van der Waals surface area (Å²) in [4.78, 5) is 21.5. The number of para-hydroxylation sites is 1. The van der Waals surface area contributed by atoms with E-state index in [2.05, 4.69) is 9.97 Å². The topological polar surface area (TPSA) is 61.3 Å². The number of carbonyl (C=O) groups is 1. The minimum Gasteiger partial charge on any atom is -0.497 e. The van der Waals surface area contributed by atoms with Crippen LogP contribution in [0.15, 0.2) is 48.5 Å². The summed E-state index contributed by atoms with van der Waals surface area (Å²) in [7, 11) is 1.63. The third-order valence-electron chi connectivity index (χ3n) is 4.03. The van der Waals surface area contributed by atoms with Crippen LogP contribution in [-0.4, -0.2) is 29.7 Å². The lowest BCUT2D eigenvalue weighted by atomic mass is 10.0. The summed E-state index contributed by atoms with van der Waals surface area (Å²) in [6.45, 7) is 3.95. The second kappa shape index (κ2) is 7.30. The maximum atomic E-state index is 12.2. The van der Waals surface area contributed by atoms with Crippen LogP contribution >= 0.6 is 0 Å². The van der Waals surface area contributed by atoms with E-state index in [0.29, 0.717) is 18.1 Å². The van der Waals surface area contributed by atoms with Crippen molar-refractivity contribution >= 4 is 16.9 Å². The van der Waals surface area contributed by atoms with E-state index in [9.17, 15) is 4.79 Å². The van der Waals surface area contributed by atoms with Gasteiger partial charge in [0.05, 0.1) is 30.8 Å². The number of rotatable bonds is 5. The van der Waals surface area contributed by atoms with Gasteiger partial charge in [-0.25, -0.2) is 9.97 Å². The number of hydrogen-bond donors (Lipinski definition) is 0. The Bertz CT molecular complexity index is 891. The number of nitrogens with zero attached hydrogens (tertiary/aromatic N) is 2. The lowest BCUT2D eigenvalue weighted by Crippen LogP contribution is -2.15. The van der Waals surface area contributed by atoms with Crippen LogP contribution in [0.25, 0.3) is 22.3 Å². The molecule has 3 aromatic rings. The predicted molar refractivity (Wildman–Crippen MR) is 96.6 cm³/mol. The van der Waals surface area contributed by atoms with Crippen LogP contribution in [0, 0.1) is 0 Å². The summed E-state index contributed by atoms with van der Waals surface area (Å²) >= 11 is 0. The highest BCUT2D eigenvalue weighted by atomic mass is 16.5. The van der Waals surface area contributed by atoms with Gasteiger partial charge in [0.1, 0.15) is 5.75 Å². The highest BCUT2D eigenvalue weighted by molar-refractivity contribution is 5.88. The molecule has 2 aromatic carbocycles. The van der Waals surface area contributed by atoms with Crippen LogP contribution in [0.5, 0.6) is 5.75 Å². The first-order valence-electron chi connectivity index (χ1n) is 8.21. The van der Waals surface area contributed by atoms with Crippen molar-refractivity contribution in [3.8, 4) is 17.1 Å². The number of fused-ring (bicyclic) bond motifs is 1. The minimum atomic E-state index is -0.468. The van der Waals surface area contributed by atoms with Gasteiger partial charge >= 0.3 is 5.97 Å². The monoisotopic (exact) mass is 336 g/mol. The molecule has 5 nitrogen and oxygen atoms in total. The summed E-state index contributed by atoms with van der Waals surface area (Å²) in [5, 5.41) is 0.861. The first-order valence-corrected chi connectivity index (χ1v) is 8.21.